The molecule has 0 saturated carbocycles. The molecule has 25 heavy (non-hydrogen) atoms. The average Bonchev–Trinajstić information content (AvgIpc) is 3.19. The Bertz CT molecular complexity index is 886. The van der Waals surface area contributed by atoms with Gasteiger partial charge in [-0.15, -0.1) is 0 Å². The van der Waals surface area contributed by atoms with Gasteiger partial charge in [-0.3, -0.25) is 4.79 Å². The summed E-state index contributed by atoms with van der Waals surface area (Å²) in [5, 5.41) is 7.53. The Morgan fingerprint density at radius 3 is 2.84 bits per heavy atom. The number of carbonyl (C=O) groups excluding carboxylic acids is 1. The molecule has 0 bridgehead atoms. The summed E-state index contributed by atoms with van der Waals surface area (Å²) < 4.78 is 6.99. The van der Waals surface area contributed by atoms with Gasteiger partial charge in [0.1, 0.15) is 11.6 Å². The predicted molar refractivity (Wildman–Crippen MR) is 99.2 cm³/mol. The summed E-state index contributed by atoms with van der Waals surface area (Å²) in [6.07, 6.45) is 1.68. The first kappa shape index (κ1) is 17.3. The standard InChI is InChI=1S/C17H21N5O2S/c1-10(2)22-15(7-8-18-22)21-16(23)11(3)25-17-19-13-6-5-12(24-4)9-14(13)20-17/h5-11H,1-4H3,(H,19,20)(H,21,23)/t11-/m1/s1. The van der Waals surface area contributed by atoms with Gasteiger partial charge in [-0.25, -0.2) is 9.67 Å². The number of anilines is 1. The number of amides is 1. The second-order valence-electron chi connectivity index (χ2n) is 5.93. The van der Waals surface area contributed by atoms with Crippen LogP contribution in [0, 0.1) is 0 Å². The van der Waals surface area contributed by atoms with Crippen molar-refractivity contribution in [2.45, 2.75) is 37.2 Å². The first-order valence-corrected chi connectivity index (χ1v) is 8.90. The third-order valence-electron chi connectivity index (χ3n) is 3.74. The minimum Gasteiger partial charge on any atom is -0.497 e. The summed E-state index contributed by atoms with van der Waals surface area (Å²) in [5.74, 6) is 1.37. The third kappa shape index (κ3) is 3.79. The van der Waals surface area contributed by atoms with Crippen molar-refractivity contribution < 1.29 is 9.53 Å². The molecule has 2 aromatic heterocycles. The molecular weight excluding hydrogens is 338 g/mol. The summed E-state index contributed by atoms with van der Waals surface area (Å²) in [4.78, 5) is 20.2. The fourth-order valence-corrected chi connectivity index (χ4v) is 3.24. The van der Waals surface area contributed by atoms with E-state index in [4.69, 9.17) is 4.74 Å². The van der Waals surface area contributed by atoms with Crippen LogP contribution >= 0.6 is 11.8 Å². The molecule has 0 radical (unpaired) electrons. The summed E-state index contributed by atoms with van der Waals surface area (Å²) in [5.41, 5.74) is 1.72. The van der Waals surface area contributed by atoms with E-state index in [2.05, 4.69) is 20.4 Å². The molecular formula is C17H21N5O2S. The molecule has 1 aromatic carbocycles. The third-order valence-corrected chi connectivity index (χ3v) is 4.72. The fraction of sp³-hybridized carbons (Fsp3) is 0.353. The maximum absolute atomic E-state index is 12.5. The SMILES string of the molecule is COc1ccc2nc(S[C@H](C)C(=O)Nc3ccnn3C(C)C)[nH]c2c1. The Labute approximate surface area is 150 Å². The molecule has 3 aromatic rings. The van der Waals surface area contributed by atoms with Crippen LogP contribution in [0.4, 0.5) is 5.82 Å². The molecule has 1 atom stereocenters. The number of hydrogen-bond donors (Lipinski definition) is 2. The van der Waals surface area contributed by atoms with Gasteiger partial charge in [0, 0.05) is 18.2 Å². The summed E-state index contributed by atoms with van der Waals surface area (Å²) in [6.45, 7) is 5.89. The van der Waals surface area contributed by atoms with Crippen molar-refractivity contribution in [2.24, 2.45) is 0 Å². The Hall–Kier alpha value is -2.48. The van der Waals surface area contributed by atoms with Gasteiger partial charge < -0.3 is 15.0 Å². The highest BCUT2D eigenvalue weighted by Gasteiger charge is 2.18. The van der Waals surface area contributed by atoms with E-state index in [9.17, 15) is 4.79 Å². The zero-order chi connectivity index (χ0) is 18.0. The van der Waals surface area contributed by atoms with E-state index in [0.29, 0.717) is 11.0 Å². The summed E-state index contributed by atoms with van der Waals surface area (Å²) in [7, 11) is 1.63. The molecule has 0 spiro atoms. The number of benzene rings is 1. The zero-order valence-corrected chi connectivity index (χ0v) is 15.4. The van der Waals surface area contributed by atoms with Crippen LogP contribution in [-0.2, 0) is 4.79 Å². The molecule has 2 heterocycles. The van der Waals surface area contributed by atoms with Crippen LogP contribution in [0.3, 0.4) is 0 Å². The molecule has 0 aliphatic heterocycles. The monoisotopic (exact) mass is 359 g/mol. The second kappa shape index (κ2) is 7.18. The van der Waals surface area contributed by atoms with E-state index in [1.807, 2.05) is 39.0 Å². The van der Waals surface area contributed by atoms with E-state index in [0.717, 1.165) is 16.8 Å². The fourth-order valence-electron chi connectivity index (χ4n) is 2.42. The zero-order valence-electron chi connectivity index (χ0n) is 14.6. The van der Waals surface area contributed by atoms with E-state index in [1.165, 1.54) is 11.8 Å². The van der Waals surface area contributed by atoms with Crippen molar-refractivity contribution in [1.29, 1.82) is 0 Å². The van der Waals surface area contributed by atoms with Crippen molar-refractivity contribution in [3.8, 4) is 5.75 Å². The number of carbonyl (C=O) groups is 1. The Morgan fingerprint density at radius 1 is 1.32 bits per heavy atom. The molecule has 1 amide bonds. The van der Waals surface area contributed by atoms with Crippen LogP contribution in [-0.4, -0.2) is 38.0 Å². The van der Waals surface area contributed by atoms with Crippen molar-refractivity contribution in [1.82, 2.24) is 19.7 Å². The lowest BCUT2D eigenvalue weighted by atomic mass is 10.3. The first-order valence-electron chi connectivity index (χ1n) is 8.02. The Balaban J connectivity index is 1.69. The van der Waals surface area contributed by atoms with Crippen molar-refractivity contribution in [2.75, 3.05) is 12.4 Å². The number of H-pyrrole nitrogens is 1. The Kier molecular flexibility index (Phi) is 4.98. The van der Waals surface area contributed by atoms with Gasteiger partial charge in [-0.1, -0.05) is 11.8 Å². The number of methoxy groups -OCH3 is 1. The predicted octanol–water partition coefficient (Wildman–Crippen LogP) is 3.47. The van der Waals surface area contributed by atoms with Crippen molar-refractivity contribution in [3.05, 3.63) is 30.5 Å². The van der Waals surface area contributed by atoms with Gasteiger partial charge in [-0.05, 0) is 32.9 Å². The van der Waals surface area contributed by atoms with Crippen LogP contribution < -0.4 is 10.1 Å². The van der Waals surface area contributed by atoms with Crippen molar-refractivity contribution in [3.63, 3.8) is 0 Å². The van der Waals surface area contributed by atoms with Crippen LogP contribution in [0.25, 0.3) is 11.0 Å². The first-order chi connectivity index (χ1) is 12.0. The highest BCUT2D eigenvalue weighted by Crippen LogP contribution is 2.26. The van der Waals surface area contributed by atoms with Crippen LogP contribution in [0.1, 0.15) is 26.8 Å². The maximum Gasteiger partial charge on any atom is 0.238 e. The highest BCUT2D eigenvalue weighted by molar-refractivity contribution is 8.00. The Morgan fingerprint density at radius 2 is 2.12 bits per heavy atom. The summed E-state index contributed by atoms with van der Waals surface area (Å²) in [6, 6.07) is 7.61. The van der Waals surface area contributed by atoms with E-state index >= 15 is 0 Å². The van der Waals surface area contributed by atoms with E-state index in [-0.39, 0.29) is 17.2 Å². The van der Waals surface area contributed by atoms with Crippen molar-refractivity contribution >= 4 is 34.5 Å². The van der Waals surface area contributed by atoms with Gasteiger partial charge in [0.25, 0.3) is 0 Å². The van der Waals surface area contributed by atoms with Crippen LogP contribution in [0.15, 0.2) is 35.6 Å². The molecule has 7 nitrogen and oxygen atoms in total. The number of nitrogens with zero attached hydrogens (tertiary/aromatic N) is 3. The number of hydrogen-bond acceptors (Lipinski definition) is 5. The molecule has 8 heteroatoms. The summed E-state index contributed by atoms with van der Waals surface area (Å²) >= 11 is 1.38. The number of aromatic nitrogens is 4. The number of ether oxygens (including phenoxy) is 1. The lowest BCUT2D eigenvalue weighted by molar-refractivity contribution is -0.115. The van der Waals surface area contributed by atoms with E-state index in [1.54, 1.807) is 24.1 Å². The normalized spacial score (nSPS) is 12.5. The molecule has 0 aliphatic carbocycles. The molecule has 0 unspecified atom stereocenters. The van der Waals surface area contributed by atoms with Gasteiger partial charge in [0.05, 0.1) is 29.6 Å². The smallest absolute Gasteiger partial charge is 0.238 e. The van der Waals surface area contributed by atoms with Gasteiger partial charge in [0.15, 0.2) is 5.16 Å². The largest absolute Gasteiger partial charge is 0.497 e. The van der Waals surface area contributed by atoms with E-state index < -0.39 is 0 Å². The minimum atomic E-state index is -0.307. The lowest BCUT2D eigenvalue weighted by Crippen LogP contribution is -2.24. The highest BCUT2D eigenvalue weighted by atomic mass is 32.2. The molecule has 3 rings (SSSR count). The van der Waals surface area contributed by atoms with Gasteiger partial charge in [0.2, 0.25) is 5.91 Å². The number of imidazole rings is 1. The van der Waals surface area contributed by atoms with Crippen LogP contribution in [0.2, 0.25) is 0 Å². The quantitative estimate of drug-likeness (QED) is 0.658. The van der Waals surface area contributed by atoms with Gasteiger partial charge >= 0.3 is 0 Å². The van der Waals surface area contributed by atoms with Crippen LogP contribution in [0.5, 0.6) is 5.75 Å². The maximum atomic E-state index is 12.5. The number of nitrogens with one attached hydrogen (secondary N) is 2. The number of rotatable bonds is 6. The number of aromatic amines is 1. The molecule has 0 aliphatic rings. The lowest BCUT2D eigenvalue weighted by Gasteiger charge is -2.14. The number of fused-ring (bicyclic) bond motifs is 1. The molecule has 0 fully saturated rings. The average molecular weight is 359 g/mol. The topological polar surface area (TPSA) is 84.8 Å². The minimum absolute atomic E-state index is 0.0922. The van der Waals surface area contributed by atoms with Gasteiger partial charge in [-0.2, -0.15) is 5.10 Å². The number of thioether (sulfide) groups is 1. The molecule has 2 N–H and O–H groups in total. The molecule has 0 saturated heterocycles. The second-order valence-corrected chi connectivity index (χ2v) is 7.26. The molecule has 132 valence electrons.